The molecule has 0 spiro atoms. The van der Waals surface area contributed by atoms with Gasteiger partial charge in [0.2, 0.25) is 11.8 Å². The van der Waals surface area contributed by atoms with Gasteiger partial charge in [-0.15, -0.1) is 0 Å². The highest BCUT2D eigenvalue weighted by molar-refractivity contribution is 5.76. The second-order valence-corrected chi connectivity index (χ2v) is 4.36. The first-order chi connectivity index (χ1) is 9.06. The van der Waals surface area contributed by atoms with Crippen LogP contribution < -0.4 is 10.6 Å². The zero-order chi connectivity index (χ0) is 14.5. The van der Waals surface area contributed by atoms with Crippen LogP contribution >= 0.6 is 0 Å². The van der Waals surface area contributed by atoms with Crippen molar-refractivity contribution in [2.75, 3.05) is 13.1 Å². The molecule has 0 bridgehead atoms. The summed E-state index contributed by atoms with van der Waals surface area (Å²) in [7, 11) is 0. The largest absolute Gasteiger partial charge is 0.481 e. The number of carbonyl (C=O) groups is 3. The van der Waals surface area contributed by atoms with Gasteiger partial charge in [-0.2, -0.15) is 0 Å². The predicted octanol–water partition coefficient (Wildman–Crippen LogP) is 1.05. The Morgan fingerprint density at radius 2 is 1.37 bits per heavy atom. The van der Waals surface area contributed by atoms with Crippen LogP contribution in [0.5, 0.6) is 0 Å². The summed E-state index contributed by atoms with van der Waals surface area (Å²) in [5.74, 6) is -0.940. The summed E-state index contributed by atoms with van der Waals surface area (Å²) in [4.78, 5) is 32.6. The number of unbranched alkanes of at least 4 members (excludes halogenated alkanes) is 3. The van der Waals surface area contributed by atoms with E-state index in [-0.39, 0.29) is 24.8 Å². The SMILES string of the molecule is CCNC(=O)CCCCCCC(=O)NCCC(=O)O. The Kier molecular flexibility index (Phi) is 10.5. The van der Waals surface area contributed by atoms with Crippen molar-refractivity contribution in [3.05, 3.63) is 0 Å². The molecule has 0 aliphatic heterocycles. The number of carboxylic acid groups (broad SMARTS) is 1. The van der Waals surface area contributed by atoms with Crippen LogP contribution in [0.25, 0.3) is 0 Å². The van der Waals surface area contributed by atoms with Crippen molar-refractivity contribution >= 4 is 17.8 Å². The minimum absolute atomic E-state index is 0.0434. The fourth-order valence-electron chi connectivity index (χ4n) is 1.61. The van der Waals surface area contributed by atoms with E-state index in [0.29, 0.717) is 19.4 Å². The molecule has 0 rings (SSSR count). The van der Waals surface area contributed by atoms with Gasteiger partial charge in [0.25, 0.3) is 0 Å². The van der Waals surface area contributed by atoms with Crippen LogP contribution in [0.15, 0.2) is 0 Å². The quantitative estimate of drug-likeness (QED) is 0.490. The number of aliphatic carboxylic acids is 1. The maximum absolute atomic E-state index is 11.3. The maximum atomic E-state index is 11.3. The van der Waals surface area contributed by atoms with Gasteiger partial charge >= 0.3 is 5.97 Å². The minimum Gasteiger partial charge on any atom is -0.481 e. The molecule has 0 heterocycles. The van der Waals surface area contributed by atoms with Gasteiger partial charge in [0, 0.05) is 25.9 Å². The van der Waals surface area contributed by atoms with Crippen molar-refractivity contribution in [3.8, 4) is 0 Å². The van der Waals surface area contributed by atoms with Crippen LogP contribution in [-0.4, -0.2) is 36.0 Å². The van der Waals surface area contributed by atoms with Gasteiger partial charge in [0.1, 0.15) is 0 Å². The number of nitrogens with one attached hydrogen (secondary N) is 2. The third kappa shape index (κ3) is 12.7. The minimum atomic E-state index is -0.911. The molecule has 0 aliphatic rings. The normalized spacial score (nSPS) is 9.95. The molecule has 0 aromatic carbocycles. The summed E-state index contributed by atoms with van der Waals surface area (Å²) in [6.07, 6.45) is 4.36. The second-order valence-electron chi connectivity index (χ2n) is 4.36. The van der Waals surface area contributed by atoms with Crippen LogP contribution in [0.2, 0.25) is 0 Å². The van der Waals surface area contributed by atoms with Gasteiger partial charge in [-0.05, 0) is 19.8 Å². The van der Waals surface area contributed by atoms with E-state index < -0.39 is 5.97 Å². The molecule has 0 saturated carbocycles. The molecule has 0 aromatic heterocycles. The zero-order valence-corrected chi connectivity index (χ0v) is 11.5. The maximum Gasteiger partial charge on any atom is 0.305 e. The smallest absolute Gasteiger partial charge is 0.305 e. The highest BCUT2D eigenvalue weighted by Gasteiger charge is 2.03. The lowest BCUT2D eigenvalue weighted by Gasteiger charge is -2.04. The van der Waals surface area contributed by atoms with Crippen molar-refractivity contribution in [3.63, 3.8) is 0 Å². The molecular formula is C13H24N2O4. The molecule has 0 aromatic rings. The lowest BCUT2D eigenvalue weighted by atomic mass is 10.1. The summed E-state index contributed by atoms with van der Waals surface area (Å²) in [6, 6.07) is 0. The first-order valence-corrected chi connectivity index (χ1v) is 6.81. The van der Waals surface area contributed by atoms with Crippen molar-refractivity contribution in [2.24, 2.45) is 0 Å². The third-order valence-electron chi connectivity index (χ3n) is 2.59. The third-order valence-corrected chi connectivity index (χ3v) is 2.59. The highest BCUT2D eigenvalue weighted by Crippen LogP contribution is 2.05. The Labute approximate surface area is 113 Å². The van der Waals surface area contributed by atoms with E-state index in [1.165, 1.54) is 0 Å². The summed E-state index contributed by atoms with van der Waals surface area (Å²) >= 11 is 0. The van der Waals surface area contributed by atoms with E-state index in [9.17, 15) is 14.4 Å². The van der Waals surface area contributed by atoms with Gasteiger partial charge in [0.15, 0.2) is 0 Å². The molecule has 110 valence electrons. The average molecular weight is 272 g/mol. The molecule has 0 radical (unpaired) electrons. The van der Waals surface area contributed by atoms with E-state index in [2.05, 4.69) is 10.6 Å². The molecule has 0 atom stereocenters. The number of carboxylic acids is 1. The molecule has 0 aliphatic carbocycles. The van der Waals surface area contributed by atoms with Crippen molar-refractivity contribution in [1.82, 2.24) is 10.6 Å². The van der Waals surface area contributed by atoms with Gasteiger partial charge in [-0.25, -0.2) is 0 Å². The summed E-state index contributed by atoms with van der Waals surface area (Å²) in [5.41, 5.74) is 0. The van der Waals surface area contributed by atoms with E-state index in [1.54, 1.807) is 0 Å². The van der Waals surface area contributed by atoms with E-state index in [1.807, 2.05) is 6.92 Å². The van der Waals surface area contributed by atoms with Crippen molar-refractivity contribution in [1.29, 1.82) is 0 Å². The molecule has 0 saturated heterocycles. The number of hydrogen-bond donors (Lipinski definition) is 3. The van der Waals surface area contributed by atoms with Crippen LogP contribution in [-0.2, 0) is 14.4 Å². The van der Waals surface area contributed by atoms with Crippen LogP contribution in [0, 0.1) is 0 Å². The molecule has 0 fully saturated rings. The number of carbonyl (C=O) groups excluding carboxylic acids is 2. The molecule has 6 nitrogen and oxygen atoms in total. The summed E-state index contributed by atoms with van der Waals surface area (Å²) in [6.45, 7) is 2.74. The number of amides is 2. The first-order valence-electron chi connectivity index (χ1n) is 6.81. The van der Waals surface area contributed by atoms with Gasteiger partial charge in [0.05, 0.1) is 6.42 Å². The number of hydrogen-bond acceptors (Lipinski definition) is 3. The molecule has 2 amide bonds. The van der Waals surface area contributed by atoms with E-state index >= 15 is 0 Å². The van der Waals surface area contributed by atoms with Crippen molar-refractivity contribution in [2.45, 2.75) is 51.9 Å². The van der Waals surface area contributed by atoms with Crippen LogP contribution in [0.3, 0.4) is 0 Å². The zero-order valence-electron chi connectivity index (χ0n) is 11.5. The molecular weight excluding hydrogens is 248 g/mol. The molecule has 3 N–H and O–H groups in total. The lowest BCUT2D eigenvalue weighted by Crippen LogP contribution is -2.25. The summed E-state index contributed by atoms with van der Waals surface area (Å²) in [5, 5.41) is 13.7. The lowest BCUT2D eigenvalue weighted by molar-refractivity contribution is -0.137. The van der Waals surface area contributed by atoms with Gasteiger partial charge in [-0.1, -0.05) is 12.8 Å². The first kappa shape index (κ1) is 17.4. The predicted molar refractivity (Wildman–Crippen MR) is 71.6 cm³/mol. The van der Waals surface area contributed by atoms with Crippen LogP contribution in [0.1, 0.15) is 51.9 Å². The van der Waals surface area contributed by atoms with Gasteiger partial charge in [-0.3, -0.25) is 14.4 Å². The Bertz CT molecular complexity index is 292. The Hall–Kier alpha value is -1.59. The topological polar surface area (TPSA) is 95.5 Å². The molecule has 19 heavy (non-hydrogen) atoms. The Balaban J connectivity index is 3.31. The summed E-state index contributed by atoms with van der Waals surface area (Å²) < 4.78 is 0. The van der Waals surface area contributed by atoms with E-state index in [0.717, 1.165) is 25.7 Å². The Morgan fingerprint density at radius 3 is 1.84 bits per heavy atom. The molecule has 6 heteroatoms. The van der Waals surface area contributed by atoms with Crippen molar-refractivity contribution < 1.29 is 19.5 Å². The Morgan fingerprint density at radius 1 is 0.842 bits per heavy atom. The van der Waals surface area contributed by atoms with E-state index in [4.69, 9.17) is 5.11 Å². The fraction of sp³-hybridized carbons (Fsp3) is 0.769. The standard InChI is InChI=1S/C13H24N2O4/c1-2-14-11(16)7-5-3-4-6-8-12(17)15-10-9-13(18)19/h2-10H2,1H3,(H,14,16)(H,15,17)(H,18,19). The highest BCUT2D eigenvalue weighted by atomic mass is 16.4. The average Bonchev–Trinajstić information content (AvgIpc) is 2.33. The van der Waals surface area contributed by atoms with Crippen LogP contribution in [0.4, 0.5) is 0 Å². The molecule has 0 unspecified atom stereocenters. The monoisotopic (exact) mass is 272 g/mol. The van der Waals surface area contributed by atoms with Gasteiger partial charge < -0.3 is 15.7 Å². The second kappa shape index (κ2) is 11.5. The fourth-order valence-corrected chi connectivity index (χ4v) is 1.61. The number of rotatable bonds is 11.